The van der Waals surface area contributed by atoms with Gasteiger partial charge in [-0.15, -0.1) is 0 Å². The summed E-state index contributed by atoms with van der Waals surface area (Å²) in [5.41, 5.74) is 4.22. The molecule has 0 radical (unpaired) electrons. The maximum atomic E-state index is 12.1. The molecule has 3 rings (SSSR count). The first-order valence-electron chi connectivity index (χ1n) is 9.55. The maximum Gasteiger partial charge on any atom is 0.258 e. The number of ether oxygens (including phenoxy) is 2. The Balaban J connectivity index is 1.42. The highest BCUT2D eigenvalue weighted by atomic mass is 35.5. The summed E-state index contributed by atoms with van der Waals surface area (Å²) >= 11 is 6.15. The molecule has 28 heavy (non-hydrogen) atoms. The molecule has 0 bridgehead atoms. The Morgan fingerprint density at radius 3 is 2.36 bits per heavy atom. The number of rotatable bonds is 7. The molecule has 1 saturated heterocycles. The molecule has 1 amide bonds. The largest absolute Gasteiger partial charge is 0.484 e. The summed E-state index contributed by atoms with van der Waals surface area (Å²) in [6.07, 6.45) is 0. The smallest absolute Gasteiger partial charge is 0.258 e. The van der Waals surface area contributed by atoms with Crippen molar-refractivity contribution in [1.82, 2.24) is 10.2 Å². The topological polar surface area (TPSA) is 50.8 Å². The van der Waals surface area contributed by atoms with Gasteiger partial charge in [0.15, 0.2) is 6.61 Å². The second-order valence-corrected chi connectivity index (χ2v) is 7.52. The summed E-state index contributed by atoms with van der Waals surface area (Å²) < 4.78 is 11.0. The molecule has 0 atom stereocenters. The molecular weight excluding hydrogens is 376 g/mol. The lowest BCUT2D eigenvalue weighted by Crippen LogP contribution is -2.35. The molecule has 0 unspecified atom stereocenters. The zero-order valence-electron chi connectivity index (χ0n) is 16.5. The molecule has 1 aliphatic heterocycles. The average Bonchev–Trinajstić information content (AvgIpc) is 2.70. The molecule has 6 heteroatoms. The fourth-order valence-corrected chi connectivity index (χ4v) is 3.28. The molecule has 1 N–H and O–H groups in total. The fourth-order valence-electron chi connectivity index (χ4n) is 3.17. The van der Waals surface area contributed by atoms with Gasteiger partial charge in [0.2, 0.25) is 0 Å². The molecule has 5 nitrogen and oxygen atoms in total. The summed E-state index contributed by atoms with van der Waals surface area (Å²) in [7, 11) is 0. The van der Waals surface area contributed by atoms with E-state index < -0.39 is 0 Å². The van der Waals surface area contributed by atoms with Gasteiger partial charge in [0.05, 0.1) is 13.2 Å². The van der Waals surface area contributed by atoms with Crippen LogP contribution in [0, 0.1) is 13.8 Å². The van der Waals surface area contributed by atoms with Gasteiger partial charge in [-0.2, -0.15) is 0 Å². The number of hydrogen-bond acceptors (Lipinski definition) is 4. The van der Waals surface area contributed by atoms with Crippen LogP contribution in [0.3, 0.4) is 0 Å². The number of nitrogens with one attached hydrogen (secondary N) is 1. The molecule has 150 valence electrons. The quantitative estimate of drug-likeness (QED) is 0.770. The molecule has 0 spiro atoms. The van der Waals surface area contributed by atoms with Crippen molar-refractivity contribution in [3.8, 4) is 5.75 Å². The Morgan fingerprint density at radius 1 is 1.11 bits per heavy atom. The summed E-state index contributed by atoms with van der Waals surface area (Å²) in [5.74, 6) is 0.504. The van der Waals surface area contributed by atoms with Gasteiger partial charge < -0.3 is 14.8 Å². The van der Waals surface area contributed by atoms with Crippen molar-refractivity contribution in [2.24, 2.45) is 0 Å². The van der Waals surface area contributed by atoms with Crippen molar-refractivity contribution >= 4 is 17.5 Å². The van der Waals surface area contributed by atoms with Gasteiger partial charge in [-0.25, -0.2) is 0 Å². The van der Waals surface area contributed by atoms with Crippen LogP contribution in [0.2, 0.25) is 5.02 Å². The highest BCUT2D eigenvalue weighted by molar-refractivity contribution is 6.32. The standard InChI is InChI=1S/C22H27ClN2O3/c1-16-11-20(12-17(2)22(16)23)28-15-21(26)24-13-18-3-5-19(6-4-18)14-25-7-9-27-10-8-25/h3-6,11-12H,7-10,13-15H2,1-2H3,(H,24,26). The zero-order chi connectivity index (χ0) is 19.9. The lowest BCUT2D eigenvalue weighted by atomic mass is 10.1. The van der Waals surface area contributed by atoms with Crippen LogP contribution in [0.25, 0.3) is 0 Å². The molecule has 1 heterocycles. The Morgan fingerprint density at radius 2 is 1.71 bits per heavy atom. The maximum absolute atomic E-state index is 12.1. The number of amides is 1. The average molecular weight is 403 g/mol. The monoisotopic (exact) mass is 402 g/mol. The van der Waals surface area contributed by atoms with E-state index in [1.54, 1.807) is 0 Å². The number of nitrogens with zero attached hydrogens (tertiary/aromatic N) is 1. The third kappa shape index (κ3) is 5.96. The Labute approximate surface area is 171 Å². The van der Waals surface area contributed by atoms with Crippen molar-refractivity contribution in [3.63, 3.8) is 0 Å². The zero-order valence-corrected chi connectivity index (χ0v) is 17.2. The number of benzene rings is 2. The van der Waals surface area contributed by atoms with E-state index in [0.717, 1.165) is 54.6 Å². The first kappa shape index (κ1) is 20.6. The minimum atomic E-state index is -0.150. The van der Waals surface area contributed by atoms with Crippen molar-refractivity contribution in [2.75, 3.05) is 32.9 Å². The van der Waals surface area contributed by atoms with Gasteiger partial charge >= 0.3 is 0 Å². The van der Waals surface area contributed by atoms with Crippen molar-refractivity contribution in [2.45, 2.75) is 26.9 Å². The van der Waals surface area contributed by atoms with E-state index >= 15 is 0 Å². The van der Waals surface area contributed by atoms with Crippen LogP contribution < -0.4 is 10.1 Å². The summed E-state index contributed by atoms with van der Waals surface area (Å²) in [6.45, 7) is 8.81. The third-order valence-electron chi connectivity index (χ3n) is 4.80. The molecule has 0 aromatic heterocycles. The second-order valence-electron chi connectivity index (χ2n) is 7.14. The number of carbonyl (C=O) groups is 1. The molecule has 2 aromatic carbocycles. The summed E-state index contributed by atoms with van der Waals surface area (Å²) in [4.78, 5) is 14.5. The van der Waals surface area contributed by atoms with E-state index in [9.17, 15) is 4.79 Å². The van der Waals surface area contributed by atoms with Gasteiger partial charge in [0.1, 0.15) is 5.75 Å². The molecule has 1 aliphatic rings. The number of aryl methyl sites for hydroxylation is 2. The number of hydrogen-bond donors (Lipinski definition) is 1. The first-order valence-corrected chi connectivity index (χ1v) is 9.93. The normalized spacial score (nSPS) is 14.7. The predicted molar refractivity (Wildman–Crippen MR) is 111 cm³/mol. The van der Waals surface area contributed by atoms with E-state index in [2.05, 4.69) is 34.5 Å². The minimum Gasteiger partial charge on any atom is -0.484 e. The lowest BCUT2D eigenvalue weighted by molar-refractivity contribution is -0.123. The minimum absolute atomic E-state index is 0.0182. The van der Waals surface area contributed by atoms with E-state index in [1.807, 2.05) is 26.0 Å². The Kier molecular flexibility index (Phi) is 7.31. The molecule has 0 saturated carbocycles. The third-order valence-corrected chi connectivity index (χ3v) is 5.40. The molecule has 0 aliphatic carbocycles. The predicted octanol–water partition coefficient (Wildman–Crippen LogP) is 3.48. The molecule has 1 fully saturated rings. The van der Waals surface area contributed by atoms with Gasteiger partial charge in [-0.3, -0.25) is 9.69 Å². The van der Waals surface area contributed by atoms with Crippen LogP contribution in [-0.4, -0.2) is 43.7 Å². The van der Waals surface area contributed by atoms with Crippen molar-refractivity contribution in [1.29, 1.82) is 0 Å². The van der Waals surface area contributed by atoms with E-state index in [1.165, 1.54) is 5.56 Å². The fraction of sp³-hybridized carbons (Fsp3) is 0.409. The highest BCUT2D eigenvalue weighted by Crippen LogP contribution is 2.25. The van der Waals surface area contributed by atoms with Crippen molar-refractivity contribution in [3.05, 3.63) is 63.7 Å². The number of carbonyl (C=O) groups excluding carboxylic acids is 1. The number of halogens is 1. The Hall–Kier alpha value is -2.08. The van der Waals surface area contributed by atoms with Gasteiger partial charge in [0.25, 0.3) is 5.91 Å². The van der Waals surface area contributed by atoms with Crippen LogP contribution in [0.4, 0.5) is 0 Å². The SMILES string of the molecule is Cc1cc(OCC(=O)NCc2ccc(CN3CCOCC3)cc2)cc(C)c1Cl. The molecule has 2 aromatic rings. The Bertz CT molecular complexity index is 779. The van der Waals surface area contributed by atoms with Crippen LogP contribution in [0.1, 0.15) is 22.3 Å². The van der Waals surface area contributed by atoms with Gasteiger partial charge in [-0.1, -0.05) is 35.9 Å². The highest BCUT2D eigenvalue weighted by Gasteiger charge is 2.11. The van der Waals surface area contributed by atoms with Crippen molar-refractivity contribution < 1.29 is 14.3 Å². The van der Waals surface area contributed by atoms with E-state index in [-0.39, 0.29) is 12.5 Å². The van der Waals surface area contributed by atoms with Gasteiger partial charge in [-0.05, 0) is 48.2 Å². The van der Waals surface area contributed by atoms with Crippen LogP contribution in [-0.2, 0) is 22.6 Å². The second kappa shape index (κ2) is 9.92. The number of morpholine rings is 1. The first-order chi connectivity index (χ1) is 13.5. The molecular formula is C22H27ClN2O3. The lowest BCUT2D eigenvalue weighted by Gasteiger charge is -2.26. The summed E-state index contributed by atoms with van der Waals surface area (Å²) in [5, 5.41) is 3.62. The van der Waals surface area contributed by atoms with Crippen LogP contribution >= 0.6 is 11.6 Å². The van der Waals surface area contributed by atoms with Crippen LogP contribution in [0.5, 0.6) is 5.75 Å². The van der Waals surface area contributed by atoms with Crippen LogP contribution in [0.15, 0.2) is 36.4 Å². The summed E-state index contributed by atoms with van der Waals surface area (Å²) in [6, 6.07) is 12.0. The van der Waals surface area contributed by atoms with Gasteiger partial charge in [0, 0.05) is 31.2 Å². The van der Waals surface area contributed by atoms with E-state index in [4.69, 9.17) is 21.1 Å². The van der Waals surface area contributed by atoms with E-state index in [0.29, 0.717) is 12.3 Å².